The van der Waals surface area contributed by atoms with Gasteiger partial charge in [0.2, 0.25) is 5.91 Å². The Hall–Kier alpha value is -0.610. The maximum absolute atomic E-state index is 11.1. The Bertz CT molecular complexity index is 199. The molecule has 2 bridgehead atoms. The zero-order valence-corrected chi connectivity index (χ0v) is 7.83. The van der Waals surface area contributed by atoms with E-state index in [1.54, 1.807) is 0 Å². The van der Waals surface area contributed by atoms with Gasteiger partial charge in [0, 0.05) is 12.6 Å². The fourth-order valence-electron chi connectivity index (χ4n) is 2.39. The van der Waals surface area contributed by atoms with Crippen molar-refractivity contribution in [3.8, 4) is 0 Å². The first-order chi connectivity index (χ1) is 6.29. The summed E-state index contributed by atoms with van der Waals surface area (Å²) in [7, 11) is 0. The average Bonchev–Trinajstić information content (AvgIpc) is 2.19. The van der Waals surface area contributed by atoms with E-state index in [1.807, 2.05) is 0 Å². The molecule has 3 aliphatic rings. The van der Waals surface area contributed by atoms with E-state index >= 15 is 0 Å². The van der Waals surface area contributed by atoms with E-state index in [0.29, 0.717) is 12.0 Å². The third-order valence-electron chi connectivity index (χ3n) is 3.19. The Morgan fingerprint density at radius 3 is 2.62 bits per heavy atom. The van der Waals surface area contributed by atoms with Gasteiger partial charge in [0.15, 0.2) is 0 Å². The van der Waals surface area contributed by atoms with E-state index < -0.39 is 0 Å². The summed E-state index contributed by atoms with van der Waals surface area (Å²) >= 11 is 0. The standard InChI is InChI=1S/C9H17N3O/c10-5-9(13)11-8-6-12-3-1-7(8)2-4-12/h7-8H,1-6,10H2,(H,11,13). The van der Waals surface area contributed by atoms with Crippen LogP contribution in [0, 0.1) is 5.92 Å². The lowest BCUT2D eigenvalue weighted by Gasteiger charge is -2.44. The molecule has 0 saturated carbocycles. The third kappa shape index (κ3) is 1.84. The van der Waals surface area contributed by atoms with Crippen molar-refractivity contribution >= 4 is 5.91 Å². The number of rotatable bonds is 2. The van der Waals surface area contributed by atoms with Gasteiger partial charge in [0.1, 0.15) is 0 Å². The predicted octanol–water partition coefficient (Wildman–Crippen LogP) is -0.844. The molecule has 0 spiro atoms. The van der Waals surface area contributed by atoms with Crippen LogP contribution in [0.25, 0.3) is 0 Å². The summed E-state index contributed by atoms with van der Waals surface area (Å²) in [6.45, 7) is 3.55. The lowest BCUT2D eigenvalue weighted by Crippen LogP contribution is -2.57. The normalized spacial score (nSPS) is 37.5. The number of amides is 1. The molecule has 3 fully saturated rings. The fraction of sp³-hybridized carbons (Fsp3) is 0.889. The topological polar surface area (TPSA) is 58.4 Å². The van der Waals surface area contributed by atoms with Crippen LogP contribution < -0.4 is 11.1 Å². The van der Waals surface area contributed by atoms with Crippen molar-refractivity contribution < 1.29 is 4.79 Å². The molecule has 0 aromatic carbocycles. The summed E-state index contributed by atoms with van der Waals surface area (Å²) in [5, 5.41) is 2.99. The van der Waals surface area contributed by atoms with Gasteiger partial charge in [-0.25, -0.2) is 0 Å². The molecule has 0 aromatic heterocycles. The Labute approximate surface area is 78.5 Å². The molecule has 3 saturated heterocycles. The molecular formula is C9H17N3O. The number of nitrogens with one attached hydrogen (secondary N) is 1. The van der Waals surface area contributed by atoms with Crippen molar-refractivity contribution in [1.29, 1.82) is 0 Å². The van der Waals surface area contributed by atoms with Crippen LogP contribution in [0.1, 0.15) is 12.8 Å². The number of nitrogens with zero attached hydrogens (tertiary/aromatic N) is 1. The molecule has 0 aromatic rings. The highest BCUT2D eigenvalue weighted by atomic mass is 16.1. The van der Waals surface area contributed by atoms with Gasteiger partial charge in [0.05, 0.1) is 6.54 Å². The van der Waals surface area contributed by atoms with E-state index in [4.69, 9.17) is 5.73 Å². The quantitative estimate of drug-likeness (QED) is 0.586. The molecule has 1 amide bonds. The van der Waals surface area contributed by atoms with E-state index in [2.05, 4.69) is 10.2 Å². The molecule has 3 heterocycles. The van der Waals surface area contributed by atoms with Gasteiger partial charge in [-0.15, -0.1) is 0 Å². The van der Waals surface area contributed by atoms with Gasteiger partial charge < -0.3 is 16.0 Å². The van der Waals surface area contributed by atoms with Gasteiger partial charge in [0.25, 0.3) is 0 Å². The van der Waals surface area contributed by atoms with Gasteiger partial charge in [-0.1, -0.05) is 0 Å². The fourth-order valence-corrected chi connectivity index (χ4v) is 2.39. The van der Waals surface area contributed by atoms with Gasteiger partial charge in [-0.05, 0) is 31.8 Å². The van der Waals surface area contributed by atoms with E-state index in [9.17, 15) is 4.79 Å². The molecule has 3 aliphatic heterocycles. The number of carbonyl (C=O) groups excluding carboxylic acids is 1. The van der Waals surface area contributed by atoms with Crippen LogP contribution in [-0.2, 0) is 4.79 Å². The van der Waals surface area contributed by atoms with Crippen molar-refractivity contribution in [2.75, 3.05) is 26.2 Å². The second-order valence-corrected chi connectivity index (χ2v) is 4.02. The largest absolute Gasteiger partial charge is 0.351 e. The zero-order chi connectivity index (χ0) is 9.26. The summed E-state index contributed by atoms with van der Waals surface area (Å²) in [6.07, 6.45) is 2.46. The van der Waals surface area contributed by atoms with Crippen LogP contribution in [0.15, 0.2) is 0 Å². The molecule has 3 rings (SSSR count). The van der Waals surface area contributed by atoms with Crippen molar-refractivity contribution in [3.05, 3.63) is 0 Å². The smallest absolute Gasteiger partial charge is 0.234 e. The lowest BCUT2D eigenvalue weighted by molar-refractivity contribution is -0.121. The minimum absolute atomic E-state index is 0.0150. The Morgan fingerprint density at radius 2 is 2.15 bits per heavy atom. The number of hydrogen-bond donors (Lipinski definition) is 2. The van der Waals surface area contributed by atoms with Crippen LogP contribution >= 0.6 is 0 Å². The summed E-state index contributed by atoms with van der Waals surface area (Å²) < 4.78 is 0. The highest BCUT2D eigenvalue weighted by Gasteiger charge is 2.34. The molecule has 4 heteroatoms. The maximum atomic E-state index is 11.1. The van der Waals surface area contributed by atoms with Gasteiger partial charge >= 0.3 is 0 Å². The first-order valence-corrected chi connectivity index (χ1v) is 5.01. The number of piperidine rings is 3. The predicted molar refractivity (Wildman–Crippen MR) is 50.1 cm³/mol. The second kappa shape index (κ2) is 3.64. The molecule has 0 aliphatic carbocycles. The summed E-state index contributed by atoms with van der Waals surface area (Å²) in [6, 6.07) is 0.360. The average molecular weight is 183 g/mol. The van der Waals surface area contributed by atoms with Crippen molar-refractivity contribution in [1.82, 2.24) is 10.2 Å². The number of fused-ring (bicyclic) bond motifs is 3. The van der Waals surface area contributed by atoms with E-state index in [1.165, 1.54) is 25.9 Å². The molecule has 74 valence electrons. The zero-order valence-electron chi connectivity index (χ0n) is 7.83. The molecule has 3 N–H and O–H groups in total. The maximum Gasteiger partial charge on any atom is 0.234 e. The Balaban J connectivity index is 1.90. The van der Waals surface area contributed by atoms with E-state index in [-0.39, 0.29) is 12.5 Å². The Kier molecular flexibility index (Phi) is 2.51. The van der Waals surface area contributed by atoms with Crippen molar-refractivity contribution in [2.24, 2.45) is 11.7 Å². The van der Waals surface area contributed by atoms with Gasteiger partial charge in [-0.2, -0.15) is 0 Å². The highest BCUT2D eigenvalue weighted by molar-refractivity contribution is 5.78. The lowest BCUT2D eigenvalue weighted by atomic mass is 9.84. The monoisotopic (exact) mass is 183 g/mol. The second-order valence-electron chi connectivity index (χ2n) is 4.02. The van der Waals surface area contributed by atoms with Crippen LogP contribution in [0.5, 0.6) is 0 Å². The third-order valence-corrected chi connectivity index (χ3v) is 3.19. The first-order valence-electron chi connectivity index (χ1n) is 5.01. The van der Waals surface area contributed by atoms with E-state index in [0.717, 1.165) is 6.54 Å². The molecule has 13 heavy (non-hydrogen) atoms. The minimum Gasteiger partial charge on any atom is -0.351 e. The minimum atomic E-state index is -0.0150. The number of nitrogens with two attached hydrogens (primary N) is 1. The van der Waals surface area contributed by atoms with Crippen LogP contribution in [-0.4, -0.2) is 43.0 Å². The summed E-state index contributed by atoms with van der Waals surface area (Å²) in [4.78, 5) is 13.5. The Morgan fingerprint density at radius 1 is 1.46 bits per heavy atom. The summed E-state index contributed by atoms with van der Waals surface area (Å²) in [5.74, 6) is 0.680. The molecule has 4 nitrogen and oxygen atoms in total. The van der Waals surface area contributed by atoms with Crippen LogP contribution in [0.3, 0.4) is 0 Å². The highest BCUT2D eigenvalue weighted by Crippen LogP contribution is 2.27. The van der Waals surface area contributed by atoms with Crippen LogP contribution in [0.2, 0.25) is 0 Å². The van der Waals surface area contributed by atoms with Gasteiger partial charge in [-0.3, -0.25) is 4.79 Å². The molecular weight excluding hydrogens is 166 g/mol. The molecule has 1 atom stereocenters. The first kappa shape index (κ1) is 8.97. The summed E-state index contributed by atoms with van der Waals surface area (Å²) in [5.41, 5.74) is 5.26. The van der Waals surface area contributed by atoms with Crippen molar-refractivity contribution in [2.45, 2.75) is 18.9 Å². The van der Waals surface area contributed by atoms with Crippen LogP contribution in [0.4, 0.5) is 0 Å². The SMILES string of the molecule is NCC(=O)NC1CN2CCC1CC2. The molecule has 0 radical (unpaired) electrons. The number of carbonyl (C=O) groups is 1. The molecule has 1 unspecified atom stereocenters. The van der Waals surface area contributed by atoms with Crippen molar-refractivity contribution in [3.63, 3.8) is 0 Å². The number of hydrogen-bond acceptors (Lipinski definition) is 3.